The van der Waals surface area contributed by atoms with Crippen LogP contribution < -0.4 is 5.32 Å². The fourth-order valence-electron chi connectivity index (χ4n) is 2.38. The Kier molecular flexibility index (Phi) is 20.1. The number of carbonyl (C=O) groups is 1. The molecular formula is C24H41NO3. The first-order valence-electron chi connectivity index (χ1n) is 10.8. The van der Waals surface area contributed by atoms with E-state index in [-0.39, 0.29) is 12.6 Å². The molecule has 0 radical (unpaired) electrons. The molecule has 0 unspecified atom stereocenters. The van der Waals surface area contributed by atoms with E-state index in [1.54, 1.807) is 6.92 Å². The highest BCUT2D eigenvalue weighted by atomic mass is 16.5. The van der Waals surface area contributed by atoms with E-state index in [1.165, 1.54) is 25.7 Å². The van der Waals surface area contributed by atoms with Crippen molar-refractivity contribution in [3.8, 4) is 0 Å². The molecule has 4 heteroatoms. The van der Waals surface area contributed by atoms with Crippen LogP contribution in [0.15, 0.2) is 48.6 Å². The summed E-state index contributed by atoms with van der Waals surface area (Å²) in [6.07, 6.45) is 28.2. The second kappa shape index (κ2) is 21.5. The summed E-state index contributed by atoms with van der Waals surface area (Å²) in [7, 11) is 0. The lowest BCUT2D eigenvalue weighted by Gasteiger charge is -2.10. The Labute approximate surface area is 172 Å². The van der Waals surface area contributed by atoms with Gasteiger partial charge in [-0.05, 0) is 58.3 Å². The second-order valence-corrected chi connectivity index (χ2v) is 6.95. The maximum Gasteiger partial charge on any atom is 0.407 e. The number of unbranched alkanes of at least 4 members (excludes halogenated alkanes) is 5. The standard InChI is InChI=1S/C24H41NO3/c1-3-4-5-6-7-8-9-10-11-12-13-14-15-16-17-18-19-20-21-28-24(27)25-23(2)22-26/h7-8,10-11,13-14,16-17,23,26H,3-6,9,12,15,18-22H2,1-2H3,(H,25,27)/b8-7-,11-10-,14-13-,17-16-/t23-/m0/s1. The van der Waals surface area contributed by atoms with Crippen LogP contribution in [0, 0.1) is 0 Å². The predicted octanol–water partition coefficient (Wildman–Crippen LogP) is 6.24. The second-order valence-electron chi connectivity index (χ2n) is 6.95. The number of carbonyl (C=O) groups excluding carboxylic acids is 1. The van der Waals surface area contributed by atoms with Crippen LogP contribution in [0.4, 0.5) is 4.79 Å². The highest BCUT2D eigenvalue weighted by Crippen LogP contribution is 2.01. The number of amides is 1. The van der Waals surface area contributed by atoms with Crippen molar-refractivity contribution < 1.29 is 14.6 Å². The van der Waals surface area contributed by atoms with Crippen molar-refractivity contribution in [3.63, 3.8) is 0 Å². The topological polar surface area (TPSA) is 58.6 Å². The maximum atomic E-state index is 11.3. The van der Waals surface area contributed by atoms with Crippen LogP contribution in [-0.2, 0) is 4.74 Å². The largest absolute Gasteiger partial charge is 0.450 e. The summed E-state index contributed by atoms with van der Waals surface area (Å²) in [5, 5.41) is 11.4. The lowest BCUT2D eigenvalue weighted by molar-refractivity contribution is 0.135. The summed E-state index contributed by atoms with van der Waals surface area (Å²) in [4.78, 5) is 11.3. The van der Waals surface area contributed by atoms with Gasteiger partial charge >= 0.3 is 6.09 Å². The molecule has 0 fully saturated rings. The Hall–Kier alpha value is -1.81. The number of aliphatic hydroxyl groups is 1. The van der Waals surface area contributed by atoms with Gasteiger partial charge in [-0.25, -0.2) is 4.79 Å². The number of hydrogen-bond acceptors (Lipinski definition) is 3. The minimum Gasteiger partial charge on any atom is -0.450 e. The van der Waals surface area contributed by atoms with Gasteiger partial charge in [0.1, 0.15) is 0 Å². The van der Waals surface area contributed by atoms with Gasteiger partial charge < -0.3 is 15.2 Å². The van der Waals surface area contributed by atoms with Crippen molar-refractivity contribution >= 4 is 6.09 Å². The molecule has 0 rings (SSSR count). The van der Waals surface area contributed by atoms with Gasteiger partial charge in [-0.1, -0.05) is 68.4 Å². The molecule has 160 valence electrons. The molecule has 0 bridgehead atoms. The molecule has 2 N–H and O–H groups in total. The van der Waals surface area contributed by atoms with Crippen molar-refractivity contribution in [1.29, 1.82) is 0 Å². The van der Waals surface area contributed by atoms with Crippen molar-refractivity contribution in [3.05, 3.63) is 48.6 Å². The molecule has 0 saturated carbocycles. The summed E-state index contributed by atoms with van der Waals surface area (Å²) in [6.45, 7) is 4.29. The number of allylic oxidation sites excluding steroid dienone is 8. The Morgan fingerprint density at radius 1 is 0.857 bits per heavy atom. The average molecular weight is 392 g/mol. The fraction of sp³-hybridized carbons (Fsp3) is 0.625. The van der Waals surface area contributed by atoms with Gasteiger partial charge in [0, 0.05) is 0 Å². The number of ether oxygens (including phenoxy) is 1. The van der Waals surface area contributed by atoms with E-state index in [9.17, 15) is 4.79 Å². The molecule has 28 heavy (non-hydrogen) atoms. The first kappa shape index (κ1) is 26.2. The van der Waals surface area contributed by atoms with Crippen LogP contribution in [0.1, 0.15) is 78.1 Å². The molecule has 0 aliphatic carbocycles. The number of rotatable bonds is 17. The van der Waals surface area contributed by atoms with Crippen molar-refractivity contribution in [2.24, 2.45) is 0 Å². The molecule has 0 spiro atoms. The van der Waals surface area contributed by atoms with E-state index in [2.05, 4.69) is 60.8 Å². The van der Waals surface area contributed by atoms with Crippen LogP contribution in [0.25, 0.3) is 0 Å². The molecule has 4 nitrogen and oxygen atoms in total. The lowest BCUT2D eigenvalue weighted by Crippen LogP contribution is -2.35. The Morgan fingerprint density at radius 3 is 1.86 bits per heavy atom. The minimum atomic E-state index is -0.459. The zero-order valence-corrected chi connectivity index (χ0v) is 17.9. The normalized spacial score (nSPS) is 13.2. The van der Waals surface area contributed by atoms with Crippen LogP contribution in [-0.4, -0.2) is 30.5 Å². The number of nitrogens with one attached hydrogen (secondary N) is 1. The highest BCUT2D eigenvalue weighted by molar-refractivity contribution is 5.67. The van der Waals surface area contributed by atoms with E-state index >= 15 is 0 Å². The number of alkyl carbamates (subject to hydrolysis) is 1. The molecular weight excluding hydrogens is 350 g/mol. The van der Waals surface area contributed by atoms with E-state index in [4.69, 9.17) is 9.84 Å². The molecule has 0 aromatic rings. The Bertz CT molecular complexity index is 466. The highest BCUT2D eigenvalue weighted by Gasteiger charge is 2.05. The van der Waals surface area contributed by atoms with Crippen molar-refractivity contribution in [1.82, 2.24) is 5.32 Å². The van der Waals surface area contributed by atoms with E-state index < -0.39 is 6.09 Å². The van der Waals surface area contributed by atoms with Gasteiger partial charge in [0.25, 0.3) is 0 Å². The van der Waals surface area contributed by atoms with Crippen LogP contribution in [0.2, 0.25) is 0 Å². The average Bonchev–Trinajstić information content (AvgIpc) is 2.69. The van der Waals surface area contributed by atoms with Gasteiger partial charge in [-0.3, -0.25) is 0 Å². The first-order valence-corrected chi connectivity index (χ1v) is 10.8. The zero-order chi connectivity index (χ0) is 20.7. The lowest BCUT2D eigenvalue weighted by atomic mass is 10.2. The molecule has 1 atom stereocenters. The van der Waals surface area contributed by atoms with Gasteiger partial charge in [0.05, 0.1) is 19.3 Å². The summed E-state index contributed by atoms with van der Waals surface area (Å²) in [6, 6.07) is -0.267. The van der Waals surface area contributed by atoms with Crippen LogP contribution in [0.5, 0.6) is 0 Å². The monoisotopic (exact) mass is 391 g/mol. The molecule has 0 aromatic heterocycles. The molecule has 0 aromatic carbocycles. The molecule has 0 aliphatic rings. The maximum absolute atomic E-state index is 11.3. The summed E-state index contributed by atoms with van der Waals surface area (Å²) < 4.78 is 5.04. The SMILES string of the molecule is CCCCC/C=C\C/C=C\C/C=C\C/C=C\CCCCOC(=O)N[C@@H](C)CO. The smallest absolute Gasteiger partial charge is 0.407 e. The van der Waals surface area contributed by atoms with Crippen molar-refractivity contribution in [2.75, 3.05) is 13.2 Å². The van der Waals surface area contributed by atoms with Crippen LogP contribution in [0.3, 0.4) is 0 Å². The summed E-state index contributed by atoms with van der Waals surface area (Å²) in [5.41, 5.74) is 0. The van der Waals surface area contributed by atoms with Gasteiger partial charge in [-0.2, -0.15) is 0 Å². The number of hydrogen-bond donors (Lipinski definition) is 2. The van der Waals surface area contributed by atoms with E-state index in [0.717, 1.165) is 38.5 Å². The Balaban J connectivity index is 3.45. The first-order chi connectivity index (χ1) is 13.7. The van der Waals surface area contributed by atoms with Gasteiger partial charge in [0.2, 0.25) is 0 Å². The predicted molar refractivity (Wildman–Crippen MR) is 119 cm³/mol. The number of aliphatic hydroxyl groups excluding tert-OH is 1. The summed E-state index contributed by atoms with van der Waals surface area (Å²) >= 11 is 0. The van der Waals surface area contributed by atoms with E-state index in [0.29, 0.717) is 6.61 Å². The van der Waals surface area contributed by atoms with Gasteiger partial charge in [-0.15, -0.1) is 0 Å². The molecule has 1 amide bonds. The third kappa shape index (κ3) is 20.5. The van der Waals surface area contributed by atoms with Gasteiger partial charge in [0.15, 0.2) is 0 Å². The third-order valence-electron chi connectivity index (χ3n) is 4.09. The zero-order valence-electron chi connectivity index (χ0n) is 17.9. The minimum absolute atomic E-state index is 0.0822. The quantitative estimate of drug-likeness (QED) is 0.228. The summed E-state index contributed by atoms with van der Waals surface area (Å²) in [5.74, 6) is 0. The molecule has 0 aliphatic heterocycles. The van der Waals surface area contributed by atoms with E-state index in [1.807, 2.05) is 0 Å². The van der Waals surface area contributed by atoms with Crippen molar-refractivity contribution in [2.45, 2.75) is 84.1 Å². The van der Waals surface area contributed by atoms with Crippen LogP contribution >= 0.6 is 0 Å². The third-order valence-corrected chi connectivity index (χ3v) is 4.09. The molecule has 0 heterocycles. The molecule has 0 saturated heterocycles. The Morgan fingerprint density at radius 2 is 1.36 bits per heavy atom. The fourth-order valence-corrected chi connectivity index (χ4v) is 2.38.